The highest BCUT2D eigenvalue weighted by Gasteiger charge is 2.24. The van der Waals surface area contributed by atoms with Gasteiger partial charge in [0.25, 0.3) is 0 Å². The van der Waals surface area contributed by atoms with Crippen molar-refractivity contribution in [1.29, 1.82) is 0 Å². The monoisotopic (exact) mass is 253 g/mol. The molecule has 0 aliphatic rings. The van der Waals surface area contributed by atoms with Crippen LogP contribution in [-0.2, 0) is 0 Å². The Labute approximate surface area is 93.6 Å². The molecule has 92 valence electrons. The van der Waals surface area contributed by atoms with Crippen molar-refractivity contribution in [3.8, 4) is 0 Å². The van der Waals surface area contributed by atoms with E-state index in [2.05, 4.69) is 0 Å². The maximum absolute atomic E-state index is 13.3. The molecule has 0 heterocycles. The first-order valence-electron chi connectivity index (χ1n) is 4.45. The first kappa shape index (κ1) is 13.3. The van der Waals surface area contributed by atoms with Crippen LogP contribution in [0.3, 0.4) is 0 Å². The van der Waals surface area contributed by atoms with E-state index in [1.165, 1.54) is 7.05 Å². The minimum Gasteiger partial charge on any atom is -0.395 e. The highest BCUT2D eigenvalue weighted by Crippen LogP contribution is 2.51. The Balaban J connectivity index is 3.06. The van der Waals surface area contributed by atoms with E-state index in [9.17, 15) is 17.9 Å². The molecule has 0 aromatic heterocycles. The molecule has 0 saturated heterocycles. The van der Waals surface area contributed by atoms with Crippen LogP contribution in [0.4, 0.5) is 8.78 Å². The summed E-state index contributed by atoms with van der Waals surface area (Å²) in [6, 6.07) is 2.50. The van der Waals surface area contributed by atoms with Gasteiger partial charge < -0.3 is 5.11 Å². The largest absolute Gasteiger partial charge is 0.395 e. The number of likely N-dealkylation sites (N-methyl/N-ethyl adjacent to an activating group) is 1. The van der Waals surface area contributed by atoms with Gasteiger partial charge in [-0.3, -0.25) is 9.11 Å². The molecule has 0 spiro atoms. The van der Waals surface area contributed by atoms with Crippen molar-refractivity contribution in [3.05, 3.63) is 29.8 Å². The van der Waals surface area contributed by atoms with Gasteiger partial charge in [-0.1, -0.05) is 0 Å². The first-order valence-corrected chi connectivity index (χ1v) is 5.95. The van der Waals surface area contributed by atoms with Crippen molar-refractivity contribution >= 4 is 10.8 Å². The molecule has 7 heteroatoms. The van der Waals surface area contributed by atoms with E-state index < -0.39 is 22.4 Å². The molecule has 0 saturated carbocycles. The van der Waals surface area contributed by atoms with E-state index in [1.807, 2.05) is 0 Å². The van der Waals surface area contributed by atoms with E-state index >= 15 is 0 Å². The minimum atomic E-state index is -3.52. The molecule has 1 aromatic carbocycles. The number of hydrogen-bond acceptors (Lipinski definition) is 4. The van der Waals surface area contributed by atoms with E-state index in [1.54, 1.807) is 0 Å². The van der Waals surface area contributed by atoms with Crippen molar-refractivity contribution in [2.75, 3.05) is 20.2 Å². The molecule has 0 amide bonds. The second-order valence-corrected chi connectivity index (χ2v) is 5.27. The second-order valence-electron chi connectivity index (χ2n) is 3.17. The number of aliphatic hydroxyl groups excluding tert-OH is 1. The maximum atomic E-state index is 13.3. The molecule has 1 rings (SSSR count). The summed E-state index contributed by atoms with van der Waals surface area (Å²) in [5, 5.41) is 8.66. The van der Waals surface area contributed by atoms with E-state index in [0.29, 0.717) is 6.07 Å². The second kappa shape index (κ2) is 5.07. The van der Waals surface area contributed by atoms with Crippen LogP contribution in [0.15, 0.2) is 23.1 Å². The topological polar surface area (TPSA) is 63.9 Å². The third-order valence-corrected chi connectivity index (χ3v) is 4.01. The van der Waals surface area contributed by atoms with E-state index in [0.717, 1.165) is 16.4 Å². The van der Waals surface area contributed by atoms with E-state index in [-0.39, 0.29) is 18.0 Å². The van der Waals surface area contributed by atoms with Gasteiger partial charge in [-0.05, 0) is 12.1 Å². The average Bonchev–Trinajstić information content (AvgIpc) is 2.17. The number of nitrogens with zero attached hydrogens (tertiary/aromatic N) is 1. The van der Waals surface area contributed by atoms with E-state index in [4.69, 9.17) is 5.11 Å². The summed E-state index contributed by atoms with van der Waals surface area (Å²) in [4.78, 5) is -0.384. The molecule has 0 unspecified atom stereocenters. The van der Waals surface area contributed by atoms with Gasteiger partial charge in [0.15, 0.2) is 5.82 Å². The quantitative estimate of drug-likeness (QED) is 0.767. The fourth-order valence-electron chi connectivity index (χ4n) is 1.13. The zero-order valence-electron chi connectivity index (χ0n) is 8.60. The lowest BCUT2D eigenvalue weighted by Crippen LogP contribution is -2.27. The van der Waals surface area contributed by atoms with Crippen LogP contribution < -0.4 is 0 Å². The highest BCUT2D eigenvalue weighted by molar-refractivity contribution is 8.22. The third kappa shape index (κ3) is 2.69. The van der Waals surface area contributed by atoms with Gasteiger partial charge in [-0.25, -0.2) is 13.1 Å². The zero-order chi connectivity index (χ0) is 12.3. The molecule has 0 radical (unpaired) electrons. The molecular weight excluding hydrogens is 240 g/mol. The van der Waals surface area contributed by atoms with Crippen LogP contribution in [0.25, 0.3) is 0 Å². The molecule has 0 atom stereocenters. The number of benzene rings is 1. The Morgan fingerprint density at radius 1 is 1.31 bits per heavy atom. The maximum Gasteiger partial charge on any atom is 0.150 e. The van der Waals surface area contributed by atoms with Crippen molar-refractivity contribution in [2.24, 2.45) is 0 Å². The lowest BCUT2D eigenvalue weighted by molar-refractivity contribution is 0.256. The molecular formula is C9H13F2NO3S. The van der Waals surface area contributed by atoms with Gasteiger partial charge >= 0.3 is 0 Å². The lowest BCUT2D eigenvalue weighted by atomic mass is 10.3. The Morgan fingerprint density at radius 3 is 2.44 bits per heavy atom. The Morgan fingerprint density at radius 2 is 1.94 bits per heavy atom. The molecule has 0 bridgehead atoms. The summed E-state index contributed by atoms with van der Waals surface area (Å²) in [7, 11) is -2.19. The predicted molar refractivity (Wildman–Crippen MR) is 57.2 cm³/mol. The molecule has 0 fully saturated rings. The summed E-state index contributed by atoms with van der Waals surface area (Å²) < 4.78 is 46.5. The molecule has 1 aromatic rings. The summed E-state index contributed by atoms with van der Waals surface area (Å²) in [5.74, 6) is -1.81. The van der Waals surface area contributed by atoms with Crippen LogP contribution in [0.1, 0.15) is 0 Å². The van der Waals surface area contributed by atoms with Gasteiger partial charge in [0, 0.05) is 19.7 Å². The lowest BCUT2D eigenvalue weighted by Gasteiger charge is -2.40. The zero-order valence-corrected chi connectivity index (χ0v) is 9.42. The van der Waals surface area contributed by atoms with Crippen molar-refractivity contribution in [2.45, 2.75) is 4.90 Å². The minimum absolute atomic E-state index is 0.0286. The summed E-state index contributed by atoms with van der Waals surface area (Å²) >= 11 is 0. The predicted octanol–water partition coefficient (Wildman–Crippen LogP) is 1.91. The Hall–Kier alpha value is -0.730. The normalized spacial score (nSPS) is 13.2. The third-order valence-electron chi connectivity index (χ3n) is 2.04. The molecule has 3 N–H and O–H groups in total. The van der Waals surface area contributed by atoms with Crippen LogP contribution in [0.5, 0.6) is 0 Å². The summed E-state index contributed by atoms with van der Waals surface area (Å²) in [6.07, 6.45) is 0. The van der Waals surface area contributed by atoms with Crippen molar-refractivity contribution < 1.29 is 23.0 Å². The first-order chi connectivity index (χ1) is 7.39. The van der Waals surface area contributed by atoms with Crippen LogP contribution in [0, 0.1) is 11.6 Å². The fourth-order valence-corrected chi connectivity index (χ4v) is 2.38. The molecule has 0 aliphatic heterocycles. The standard InChI is InChI=1S/C9H13F2NO3S/c1-12(4-5-13)16(14,15)9-3-2-7(10)6-8(9)11/h2-3,6,13-15H,4-5H2,1H3. The summed E-state index contributed by atoms with van der Waals surface area (Å²) in [6.45, 7) is -0.325. The molecule has 4 nitrogen and oxygen atoms in total. The van der Waals surface area contributed by atoms with Crippen molar-refractivity contribution in [1.82, 2.24) is 4.31 Å². The van der Waals surface area contributed by atoms with Gasteiger partial charge in [0.2, 0.25) is 0 Å². The van der Waals surface area contributed by atoms with Crippen LogP contribution in [0.2, 0.25) is 0 Å². The highest BCUT2D eigenvalue weighted by atomic mass is 32.3. The number of aliphatic hydroxyl groups is 1. The van der Waals surface area contributed by atoms with Gasteiger partial charge in [0.1, 0.15) is 10.7 Å². The molecule has 0 aliphatic carbocycles. The van der Waals surface area contributed by atoms with Gasteiger partial charge in [0.05, 0.1) is 6.61 Å². The smallest absolute Gasteiger partial charge is 0.150 e. The number of rotatable bonds is 4. The number of halogens is 2. The number of hydrogen-bond donors (Lipinski definition) is 3. The molecule has 16 heavy (non-hydrogen) atoms. The van der Waals surface area contributed by atoms with Gasteiger partial charge in [-0.2, -0.15) is 0 Å². The Bertz CT molecular complexity index is 376. The van der Waals surface area contributed by atoms with Crippen LogP contribution in [-0.4, -0.2) is 38.7 Å². The van der Waals surface area contributed by atoms with Crippen molar-refractivity contribution in [3.63, 3.8) is 0 Å². The Kier molecular flexibility index (Phi) is 4.22. The average molecular weight is 253 g/mol. The van der Waals surface area contributed by atoms with Gasteiger partial charge in [-0.15, -0.1) is 10.8 Å². The summed E-state index contributed by atoms with van der Waals surface area (Å²) in [5.41, 5.74) is 0. The van der Waals surface area contributed by atoms with Crippen LogP contribution >= 0.6 is 10.8 Å². The SMILES string of the molecule is CN(CCO)S(O)(O)c1ccc(F)cc1F. The fraction of sp³-hybridized carbons (Fsp3) is 0.333.